The number of aromatic nitrogens is 1. The molecule has 0 fully saturated rings. The Morgan fingerprint density at radius 1 is 1.69 bits per heavy atom. The molecule has 66 valence electrons. The Kier molecular flexibility index (Phi) is 3.30. The third kappa shape index (κ3) is 3.59. The van der Waals surface area contributed by atoms with Crippen molar-refractivity contribution >= 4 is 17.6 Å². The number of carboxylic acids is 1. The van der Waals surface area contributed by atoms with Gasteiger partial charge in [0, 0.05) is 11.2 Å². The van der Waals surface area contributed by atoms with E-state index in [0.29, 0.717) is 10.7 Å². The van der Waals surface area contributed by atoms with Gasteiger partial charge in [0.2, 0.25) is 0 Å². The first-order valence-electron chi connectivity index (χ1n) is 3.50. The Labute approximate surface area is 80.4 Å². The zero-order valence-corrected chi connectivity index (χ0v) is 7.38. The first-order chi connectivity index (χ1) is 6.18. The average Bonchev–Trinajstić information content (AvgIpc) is 2.03. The van der Waals surface area contributed by atoms with Gasteiger partial charge in [0.15, 0.2) is 0 Å². The highest BCUT2D eigenvalue weighted by molar-refractivity contribution is 6.30. The molecule has 0 aliphatic rings. The van der Waals surface area contributed by atoms with Crippen LogP contribution in [0.5, 0.6) is 0 Å². The van der Waals surface area contributed by atoms with Crippen LogP contribution in [0, 0.1) is 11.8 Å². The molecule has 0 spiro atoms. The zero-order chi connectivity index (χ0) is 9.68. The molecule has 0 aliphatic carbocycles. The molecule has 0 aromatic carbocycles. The number of rotatable bonds is 1. The van der Waals surface area contributed by atoms with Gasteiger partial charge in [-0.05, 0) is 18.1 Å². The van der Waals surface area contributed by atoms with Crippen molar-refractivity contribution in [3.8, 4) is 11.8 Å². The number of halogens is 1. The fourth-order valence-electron chi connectivity index (χ4n) is 0.683. The fraction of sp³-hybridized carbons (Fsp3) is 0.111. The van der Waals surface area contributed by atoms with Crippen LogP contribution in [0.3, 0.4) is 0 Å². The van der Waals surface area contributed by atoms with Gasteiger partial charge in [-0.15, -0.1) is 0 Å². The van der Waals surface area contributed by atoms with Crippen molar-refractivity contribution in [3.05, 3.63) is 29.0 Å². The summed E-state index contributed by atoms with van der Waals surface area (Å²) in [5.74, 6) is 4.10. The fourth-order valence-corrected chi connectivity index (χ4v) is 0.843. The van der Waals surface area contributed by atoms with E-state index in [1.807, 2.05) is 0 Å². The van der Waals surface area contributed by atoms with E-state index in [1.165, 1.54) is 6.20 Å². The number of hydrogen-bond donors (Lipinski definition) is 1. The summed E-state index contributed by atoms with van der Waals surface area (Å²) in [7, 11) is 0. The predicted octanol–water partition coefficient (Wildman–Crippen LogP) is 1.56. The van der Waals surface area contributed by atoms with Gasteiger partial charge in [0.05, 0.1) is 0 Å². The quantitative estimate of drug-likeness (QED) is 0.692. The van der Waals surface area contributed by atoms with Crippen LogP contribution in [0.2, 0.25) is 5.02 Å². The third-order valence-electron chi connectivity index (χ3n) is 1.18. The van der Waals surface area contributed by atoms with Crippen LogP contribution in [0.4, 0.5) is 0 Å². The standard InChI is InChI=1S/C9H6ClNO2/c10-7-4-5-11-8(6-7)2-1-3-9(12)13/h4-6H,3H2,(H,12,13). The van der Waals surface area contributed by atoms with Gasteiger partial charge in [0.25, 0.3) is 0 Å². The smallest absolute Gasteiger partial charge is 0.315 e. The largest absolute Gasteiger partial charge is 0.481 e. The summed E-state index contributed by atoms with van der Waals surface area (Å²) >= 11 is 5.66. The molecule has 1 aromatic heterocycles. The Bertz CT molecular complexity index is 379. The lowest BCUT2D eigenvalue weighted by molar-refractivity contribution is -0.135. The molecule has 0 bridgehead atoms. The van der Waals surface area contributed by atoms with Gasteiger partial charge >= 0.3 is 5.97 Å². The van der Waals surface area contributed by atoms with E-state index in [0.717, 1.165) is 0 Å². The molecular formula is C9H6ClNO2. The molecule has 13 heavy (non-hydrogen) atoms. The molecule has 1 N–H and O–H groups in total. The Hall–Kier alpha value is -1.53. The lowest BCUT2D eigenvalue weighted by Crippen LogP contribution is -1.90. The summed E-state index contributed by atoms with van der Waals surface area (Å²) in [6, 6.07) is 3.21. The first-order valence-corrected chi connectivity index (χ1v) is 3.88. The molecule has 0 saturated heterocycles. The Morgan fingerprint density at radius 3 is 3.08 bits per heavy atom. The number of carbonyl (C=O) groups is 1. The van der Waals surface area contributed by atoms with Crippen molar-refractivity contribution < 1.29 is 9.90 Å². The SMILES string of the molecule is O=C(O)CC#Cc1cc(Cl)ccn1. The molecule has 0 unspecified atom stereocenters. The number of hydrogen-bond acceptors (Lipinski definition) is 2. The summed E-state index contributed by atoms with van der Waals surface area (Å²) in [5, 5.41) is 8.83. The van der Waals surface area contributed by atoms with Crippen LogP contribution in [0.1, 0.15) is 12.1 Å². The number of carboxylic acid groups (broad SMARTS) is 1. The molecule has 1 heterocycles. The minimum atomic E-state index is -0.950. The highest BCUT2D eigenvalue weighted by Crippen LogP contribution is 2.06. The Balaban J connectivity index is 2.72. The van der Waals surface area contributed by atoms with Crippen LogP contribution >= 0.6 is 11.6 Å². The van der Waals surface area contributed by atoms with Gasteiger partial charge < -0.3 is 5.11 Å². The lowest BCUT2D eigenvalue weighted by atomic mass is 10.3. The van der Waals surface area contributed by atoms with E-state index in [9.17, 15) is 4.79 Å². The topological polar surface area (TPSA) is 50.2 Å². The van der Waals surface area contributed by atoms with E-state index in [1.54, 1.807) is 12.1 Å². The third-order valence-corrected chi connectivity index (χ3v) is 1.41. The molecule has 0 saturated carbocycles. The average molecular weight is 196 g/mol. The number of aliphatic carboxylic acids is 1. The first kappa shape index (κ1) is 9.56. The molecule has 0 radical (unpaired) electrons. The van der Waals surface area contributed by atoms with Crippen LogP contribution < -0.4 is 0 Å². The molecule has 1 rings (SSSR count). The van der Waals surface area contributed by atoms with Gasteiger partial charge in [-0.1, -0.05) is 17.5 Å². The van der Waals surface area contributed by atoms with Gasteiger partial charge in [-0.2, -0.15) is 0 Å². The van der Waals surface area contributed by atoms with Gasteiger partial charge in [-0.3, -0.25) is 4.79 Å². The highest BCUT2D eigenvalue weighted by atomic mass is 35.5. The molecule has 1 aromatic rings. The highest BCUT2D eigenvalue weighted by Gasteiger charge is 1.91. The minimum absolute atomic E-state index is 0.186. The maximum Gasteiger partial charge on any atom is 0.315 e. The van der Waals surface area contributed by atoms with Crippen LogP contribution in [0.25, 0.3) is 0 Å². The van der Waals surface area contributed by atoms with Crippen molar-refractivity contribution in [1.82, 2.24) is 4.98 Å². The number of nitrogens with zero attached hydrogens (tertiary/aromatic N) is 1. The van der Waals surface area contributed by atoms with E-state index in [-0.39, 0.29) is 6.42 Å². The summed E-state index contributed by atoms with van der Waals surface area (Å²) < 4.78 is 0. The van der Waals surface area contributed by atoms with Gasteiger partial charge in [-0.25, -0.2) is 4.98 Å². The molecular weight excluding hydrogens is 190 g/mol. The normalized spacial score (nSPS) is 8.69. The van der Waals surface area contributed by atoms with Crippen molar-refractivity contribution in [3.63, 3.8) is 0 Å². The van der Waals surface area contributed by atoms with Crippen molar-refractivity contribution in [2.24, 2.45) is 0 Å². The second-order valence-corrected chi connectivity index (χ2v) is 2.67. The van der Waals surface area contributed by atoms with Crippen molar-refractivity contribution in [1.29, 1.82) is 0 Å². The maximum absolute atomic E-state index is 10.1. The molecule has 0 aliphatic heterocycles. The van der Waals surface area contributed by atoms with E-state index >= 15 is 0 Å². The molecule has 4 heteroatoms. The second-order valence-electron chi connectivity index (χ2n) is 2.23. The van der Waals surface area contributed by atoms with E-state index < -0.39 is 5.97 Å². The monoisotopic (exact) mass is 195 g/mol. The number of pyridine rings is 1. The molecule has 3 nitrogen and oxygen atoms in total. The van der Waals surface area contributed by atoms with Crippen LogP contribution in [-0.2, 0) is 4.79 Å². The summed E-state index contributed by atoms with van der Waals surface area (Å²) in [6.45, 7) is 0. The molecule has 0 amide bonds. The van der Waals surface area contributed by atoms with Gasteiger partial charge in [0.1, 0.15) is 12.1 Å². The van der Waals surface area contributed by atoms with E-state index in [2.05, 4.69) is 16.8 Å². The van der Waals surface area contributed by atoms with Crippen LogP contribution in [0.15, 0.2) is 18.3 Å². The summed E-state index contributed by atoms with van der Waals surface area (Å²) in [5.41, 5.74) is 0.480. The Morgan fingerprint density at radius 2 is 2.46 bits per heavy atom. The zero-order valence-electron chi connectivity index (χ0n) is 6.62. The van der Waals surface area contributed by atoms with Crippen molar-refractivity contribution in [2.45, 2.75) is 6.42 Å². The summed E-state index contributed by atoms with van der Waals surface area (Å²) in [6.07, 6.45) is 1.33. The maximum atomic E-state index is 10.1. The molecule has 0 atom stereocenters. The van der Waals surface area contributed by atoms with Crippen LogP contribution in [-0.4, -0.2) is 16.1 Å². The second kappa shape index (κ2) is 4.48. The van der Waals surface area contributed by atoms with E-state index in [4.69, 9.17) is 16.7 Å². The lowest BCUT2D eigenvalue weighted by Gasteiger charge is -1.89. The predicted molar refractivity (Wildman–Crippen MR) is 48.4 cm³/mol. The van der Waals surface area contributed by atoms with Crippen molar-refractivity contribution in [2.75, 3.05) is 0 Å². The minimum Gasteiger partial charge on any atom is -0.481 e. The summed E-state index contributed by atoms with van der Waals surface area (Å²) in [4.78, 5) is 14.0.